The summed E-state index contributed by atoms with van der Waals surface area (Å²) in [5.41, 5.74) is 3.94. The summed E-state index contributed by atoms with van der Waals surface area (Å²) in [7, 11) is -19.8. The fourth-order valence-electron chi connectivity index (χ4n) is 17.5. The highest BCUT2D eigenvalue weighted by molar-refractivity contribution is 7.87. The predicted molar refractivity (Wildman–Crippen MR) is 415 cm³/mol. The molecule has 0 spiro atoms. The Morgan fingerprint density at radius 3 is 0.480 bits per heavy atom. The van der Waals surface area contributed by atoms with Gasteiger partial charge in [0.2, 0.25) is 0 Å². The number of aliphatic hydroxyl groups is 17. The Kier molecular flexibility index (Phi) is 31.5. The molecule has 3 unspecified atom stereocenters. The second-order valence-corrected chi connectivity index (χ2v) is 39.0. The summed E-state index contributed by atoms with van der Waals surface area (Å²) in [6.07, 6.45) is -81.5. The smallest absolute Gasteiger partial charge is 0.297 e. The minimum Gasteiger partial charge on any atom is -0.394 e. The van der Waals surface area contributed by atoms with Crippen molar-refractivity contribution in [3.8, 4) is 0 Å². The Bertz CT molecular complexity index is 4810. The van der Waals surface area contributed by atoms with Crippen LogP contribution in [-0.2, 0) is 124 Å². The molecule has 0 amide bonds. The number of hydrogen-bond donors (Lipinski definition) is 17. The lowest BCUT2D eigenvalue weighted by Gasteiger charge is -2.50. The summed E-state index contributed by atoms with van der Waals surface area (Å²) in [6.45, 7) is 9.56. The largest absolute Gasteiger partial charge is 0.394 e. The fraction of sp³-hybridized carbons (Fsp3) is 0.692. The second kappa shape index (κ2) is 39.6. The van der Waals surface area contributed by atoms with Gasteiger partial charge in [-0.15, -0.1) is 0 Å². The number of hydrogen-bond acceptors (Lipinski definition) is 43. The Morgan fingerprint density at radius 2 is 0.344 bits per heavy atom. The molecule has 0 aliphatic carbocycles. The van der Waals surface area contributed by atoms with Crippen molar-refractivity contribution in [3.63, 3.8) is 0 Å². The van der Waals surface area contributed by atoms with E-state index in [-0.39, 0.29) is 64.1 Å². The molecular formula is C78H110O43S4. The number of aliphatic hydroxyl groups excluding tert-OH is 17. The normalized spacial score (nSPS) is 39.2. The van der Waals surface area contributed by atoms with Gasteiger partial charge in [0, 0.05) is 0 Å². The van der Waals surface area contributed by atoms with Gasteiger partial charge in [-0.1, -0.05) is 70.8 Å². The molecule has 21 aliphatic heterocycles. The highest BCUT2D eigenvalue weighted by atomic mass is 32.2. The van der Waals surface area contributed by atoms with Crippen LogP contribution in [0.25, 0.3) is 0 Å². The van der Waals surface area contributed by atoms with Crippen molar-refractivity contribution in [2.24, 2.45) is 0 Å². The summed E-state index contributed by atoms with van der Waals surface area (Å²) in [5, 5.41) is 203. The molecule has 125 heavy (non-hydrogen) atoms. The zero-order valence-electron chi connectivity index (χ0n) is 69.6. The molecule has 0 aromatic heterocycles. The van der Waals surface area contributed by atoms with Gasteiger partial charge in [0.1, 0.15) is 171 Å². The Morgan fingerprint density at radius 1 is 0.216 bits per heavy atom. The van der Waals surface area contributed by atoms with Crippen LogP contribution in [0.2, 0.25) is 0 Å². The van der Waals surface area contributed by atoms with E-state index in [1.165, 1.54) is 104 Å². The Labute approximate surface area is 719 Å². The number of benzene rings is 4. The average molecular weight is 1860 g/mol. The summed E-state index contributed by atoms with van der Waals surface area (Å²) in [6, 6.07) is 12.1. The van der Waals surface area contributed by atoms with Gasteiger partial charge < -0.3 is 153 Å². The molecule has 21 aliphatic rings. The van der Waals surface area contributed by atoms with E-state index in [0.717, 1.165) is 0 Å². The van der Waals surface area contributed by atoms with E-state index in [9.17, 15) is 120 Å². The van der Waals surface area contributed by atoms with Crippen molar-refractivity contribution in [2.45, 2.75) is 318 Å². The van der Waals surface area contributed by atoms with Gasteiger partial charge in [0.15, 0.2) is 44.0 Å². The number of ether oxygens (including phenoxy) is 14. The third-order valence-corrected chi connectivity index (χ3v) is 29.4. The van der Waals surface area contributed by atoms with Gasteiger partial charge >= 0.3 is 0 Å². The van der Waals surface area contributed by atoms with E-state index >= 15 is 0 Å². The molecule has 21 heterocycles. The maximum Gasteiger partial charge on any atom is 0.297 e. The van der Waals surface area contributed by atoms with Crippen LogP contribution < -0.4 is 0 Å². The van der Waals surface area contributed by atoms with Crippen molar-refractivity contribution in [1.82, 2.24) is 0 Å². The van der Waals surface area contributed by atoms with Crippen LogP contribution in [0.4, 0.5) is 0 Å². The van der Waals surface area contributed by atoms with Gasteiger partial charge in [0.25, 0.3) is 40.5 Å². The molecule has 0 radical (unpaired) electrons. The van der Waals surface area contributed by atoms with E-state index in [1.807, 2.05) is 0 Å². The van der Waals surface area contributed by atoms with Gasteiger partial charge in [-0.05, 0) is 128 Å². The Balaban J connectivity index is 0.942. The van der Waals surface area contributed by atoms with Gasteiger partial charge in [-0.3, -0.25) is 16.7 Å². The molecule has 0 saturated carbocycles. The minimum absolute atomic E-state index is 0.162. The monoisotopic (exact) mass is 1860 g/mol. The van der Waals surface area contributed by atoms with Gasteiger partial charge in [-0.2, -0.15) is 33.7 Å². The lowest BCUT2D eigenvalue weighted by molar-refractivity contribution is -0.396. The van der Waals surface area contributed by atoms with Crippen LogP contribution in [0, 0.1) is 83.1 Å². The van der Waals surface area contributed by atoms with Crippen LogP contribution in [0.1, 0.15) is 66.8 Å². The summed E-state index contributed by atoms with van der Waals surface area (Å²) < 4.78 is 222. The fourth-order valence-corrected chi connectivity index (χ4v) is 22.8. The molecule has 25 rings (SSSR count). The predicted octanol–water partition coefficient (Wildman–Crippen LogP) is -5.88. The molecule has 35 atom stereocenters. The van der Waals surface area contributed by atoms with Gasteiger partial charge in [0.05, 0.1) is 65.8 Å². The zero-order valence-corrected chi connectivity index (χ0v) is 72.9. The van der Waals surface area contributed by atoms with E-state index in [0.29, 0.717) is 22.3 Å². The molecule has 43 nitrogen and oxygen atoms in total. The first-order valence-electron chi connectivity index (χ1n) is 39.9. The highest BCUT2D eigenvalue weighted by Gasteiger charge is 2.61. The molecule has 4 aromatic carbocycles. The second-order valence-electron chi connectivity index (χ2n) is 32.8. The van der Waals surface area contributed by atoms with Crippen LogP contribution in [0.15, 0.2) is 68.1 Å². The first-order chi connectivity index (χ1) is 58.5. The van der Waals surface area contributed by atoms with E-state index in [4.69, 9.17) is 83.0 Å². The van der Waals surface area contributed by atoms with Crippen LogP contribution >= 0.6 is 0 Å². The van der Waals surface area contributed by atoms with Crippen LogP contribution in [0.5, 0.6) is 0 Å². The van der Waals surface area contributed by atoms with Crippen molar-refractivity contribution in [3.05, 3.63) is 115 Å². The molecule has 17 N–H and O–H groups in total. The quantitative estimate of drug-likeness (QED) is 0.0389. The zero-order chi connectivity index (χ0) is 91.8. The molecule has 4 aromatic rings. The van der Waals surface area contributed by atoms with Crippen LogP contribution in [0.3, 0.4) is 0 Å². The first-order valence-corrected chi connectivity index (χ1v) is 45.6. The topological polar surface area (TPSA) is 647 Å². The minimum atomic E-state index is -4.99. The lowest BCUT2D eigenvalue weighted by atomic mass is 9.95. The Hall–Kier alpha value is -4.72. The number of aryl methyl sites for hydroxylation is 12. The molecule has 47 heteroatoms. The van der Waals surface area contributed by atoms with E-state index < -0.39 is 302 Å². The average Bonchev–Trinajstić information content (AvgIpc) is 0.832. The molecular weight excluding hydrogens is 1750 g/mol. The third kappa shape index (κ3) is 20.7. The maximum atomic E-state index is 14.5. The van der Waals surface area contributed by atoms with E-state index in [1.54, 1.807) is 27.7 Å². The van der Waals surface area contributed by atoms with Crippen molar-refractivity contribution in [1.29, 1.82) is 0 Å². The van der Waals surface area contributed by atoms with Crippen molar-refractivity contribution >= 4 is 40.5 Å². The third-order valence-electron chi connectivity index (χ3n) is 23.0. The van der Waals surface area contributed by atoms with E-state index in [2.05, 4.69) is 0 Å². The van der Waals surface area contributed by atoms with Gasteiger partial charge in [-0.25, -0.2) is 0 Å². The standard InChI is InChI=1S/C78H110O43S4/c1-28-13-32(5)68(33(6)14-28)122(96,97)104-24-43-64-50(85)57(92)75(111-43)117-63-42(23-81)110-74(56(91)49(63)84)119-65-44(25-105-123(98,99)69-34(7)15-29(2)16-35(69)8)113-77(59(94)52(65)87)121-67-46(27-107-125(102,103)71-38(11)19-31(4)20-39(71)12)114-78(60(95)53(67)88)120-66-45(26-106-124(100,101)70-36(9)17-30(3)18-37(70)10)112-76(58(93)51(66)86)116-62-41(22-80)108-72(54(89)47(62)82)115-61-40(21-79)109-73(118-64)55(90)48(61)83/h13-20,40-67,72-95H,21-27H2,1-12H3/t40-,41-,42-,43-,44-,45-,46-,47-,48-,49-,50-,51-,52-,53-,54-,55?,56-,57-,58?,59-,60?,61-,62-,63-,64-,65-,66-,67-,72-,73-,74-,75-,76-,77-,78-/m1/s1. The van der Waals surface area contributed by atoms with Crippen molar-refractivity contribution < 1.29 is 204 Å². The molecule has 21 saturated heterocycles. The van der Waals surface area contributed by atoms with Crippen molar-refractivity contribution in [2.75, 3.05) is 46.2 Å². The van der Waals surface area contributed by atoms with Crippen LogP contribution in [-0.4, -0.2) is 382 Å². The molecule has 704 valence electrons. The SMILES string of the molecule is Cc1cc(C)c(S(=O)(=O)OC[C@H]2O[C@@H]3O[C@H]4[C@H](O)[C@@H](O)[C@@H](O[C@H]5[C@H](O)[C@@H](O)[C@@H](O[C@H]6[C@H](O)C(O)[C@@H](O[C@H]7[C@H](O)C(O)[C@@H](O[C@H]8[C@H](O)[C@@H](O)[C@@H](O[C@H]9[C@H](O)C(O)[C@@H](O[C@H]2[C@H](O)[C@H]3O)O[C@@H]9CO)O[C@@H]8CO)O[C@@H]7COS(=O)(=O)c2c(C)cc(C)cc2C)O[C@@H]6COS(=O)(=O)c2c(C)cc(C)cc2C)O[C@@H]5COS(=O)(=O)c2c(C)cc(C)cc2C)O[C@@H]4CO)c(C)c1. The molecule has 14 bridgehead atoms. The molecule has 21 fully saturated rings. The lowest BCUT2D eigenvalue weighted by Crippen LogP contribution is -2.68. The number of rotatable bonds is 19. The highest BCUT2D eigenvalue weighted by Crippen LogP contribution is 2.42. The first kappa shape index (κ1) is 99.3. The maximum absolute atomic E-state index is 14.5. The summed E-state index contributed by atoms with van der Waals surface area (Å²) in [5.74, 6) is 0. The summed E-state index contributed by atoms with van der Waals surface area (Å²) in [4.78, 5) is -1.43. The summed E-state index contributed by atoms with van der Waals surface area (Å²) >= 11 is 0.